The molecule has 7 nitrogen and oxygen atoms in total. The van der Waals surface area contributed by atoms with Gasteiger partial charge in [0.2, 0.25) is 0 Å². The normalized spacial score (nSPS) is 15.2. The van der Waals surface area contributed by atoms with E-state index in [1.807, 2.05) is 0 Å². The Morgan fingerprint density at radius 2 is 1.64 bits per heavy atom. The fourth-order valence-corrected chi connectivity index (χ4v) is 4.39. The van der Waals surface area contributed by atoms with E-state index >= 15 is 0 Å². The molecule has 0 aromatic heterocycles. The van der Waals surface area contributed by atoms with Crippen molar-refractivity contribution >= 4 is 37.3 Å². The van der Waals surface area contributed by atoms with Gasteiger partial charge in [0.15, 0.2) is 8.03 Å². The van der Waals surface area contributed by atoms with E-state index in [4.69, 9.17) is 16.7 Å². The standard InChI is InChI=1S/C19H21ClNO6P/c20-13-6-8-14(9-7-13)21-17(12-4-2-1-3-5-12)18(28(26)27)15(19(24)25)10-11-16(22)23/h1-9,15,17-18,21,28H,10-11H2,(H,22,23)(H,24,25)(H,26,27). The molecule has 0 bridgehead atoms. The Labute approximate surface area is 167 Å². The number of carboxylic acid groups (broad SMARTS) is 2. The summed E-state index contributed by atoms with van der Waals surface area (Å²) < 4.78 is 12.3. The molecule has 2 rings (SSSR count). The highest BCUT2D eigenvalue weighted by atomic mass is 35.5. The first-order chi connectivity index (χ1) is 13.3. The third-order valence-corrected chi connectivity index (χ3v) is 5.95. The van der Waals surface area contributed by atoms with Crippen molar-refractivity contribution in [1.29, 1.82) is 0 Å². The topological polar surface area (TPSA) is 124 Å². The molecule has 4 unspecified atom stereocenters. The van der Waals surface area contributed by atoms with Gasteiger partial charge in [-0.25, -0.2) is 0 Å². The van der Waals surface area contributed by atoms with Crippen LogP contribution in [-0.4, -0.2) is 32.7 Å². The lowest BCUT2D eigenvalue weighted by atomic mass is 9.90. The van der Waals surface area contributed by atoms with Crippen LogP contribution in [0.2, 0.25) is 5.02 Å². The summed E-state index contributed by atoms with van der Waals surface area (Å²) in [6.07, 6.45) is -0.664. The van der Waals surface area contributed by atoms with Crippen molar-refractivity contribution in [3.8, 4) is 0 Å². The number of aliphatic carboxylic acids is 2. The Bertz CT molecular complexity index is 830. The van der Waals surface area contributed by atoms with Crippen molar-refractivity contribution in [2.24, 2.45) is 5.92 Å². The lowest BCUT2D eigenvalue weighted by Gasteiger charge is -2.31. The zero-order valence-electron chi connectivity index (χ0n) is 14.8. The van der Waals surface area contributed by atoms with Crippen molar-refractivity contribution in [2.75, 3.05) is 5.32 Å². The fraction of sp³-hybridized carbons (Fsp3) is 0.263. The number of anilines is 1. The molecule has 0 aliphatic rings. The van der Waals surface area contributed by atoms with Crippen molar-refractivity contribution in [3.63, 3.8) is 0 Å². The smallest absolute Gasteiger partial charge is 0.307 e. The second-order valence-electron chi connectivity index (χ2n) is 6.28. The van der Waals surface area contributed by atoms with Crippen molar-refractivity contribution < 1.29 is 29.3 Å². The lowest BCUT2D eigenvalue weighted by Crippen LogP contribution is -2.35. The van der Waals surface area contributed by atoms with E-state index in [0.717, 1.165) is 0 Å². The number of hydrogen-bond donors (Lipinski definition) is 4. The number of carboxylic acids is 2. The summed E-state index contributed by atoms with van der Waals surface area (Å²) >= 11 is 5.90. The minimum Gasteiger partial charge on any atom is -0.481 e. The maximum atomic E-state index is 12.3. The Morgan fingerprint density at radius 3 is 2.14 bits per heavy atom. The molecule has 28 heavy (non-hydrogen) atoms. The molecule has 2 aromatic carbocycles. The molecule has 0 amide bonds. The molecule has 9 heteroatoms. The van der Waals surface area contributed by atoms with Crippen LogP contribution in [0.3, 0.4) is 0 Å². The zero-order chi connectivity index (χ0) is 20.7. The molecule has 0 aliphatic heterocycles. The molecule has 2 aromatic rings. The van der Waals surface area contributed by atoms with E-state index < -0.39 is 44.0 Å². The van der Waals surface area contributed by atoms with E-state index in [9.17, 15) is 24.2 Å². The minimum absolute atomic E-state index is 0.252. The molecule has 0 heterocycles. The Hall–Kier alpha value is -2.34. The van der Waals surface area contributed by atoms with Crippen LogP contribution < -0.4 is 5.32 Å². The molecule has 150 valence electrons. The highest BCUT2D eigenvalue weighted by molar-refractivity contribution is 7.39. The van der Waals surface area contributed by atoms with Gasteiger partial charge in [0, 0.05) is 17.1 Å². The monoisotopic (exact) mass is 425 g/mol. The summed E-state index contributed by atoms with van der Waals surface area (Å²) in [6, 6.07) is 14.5. The predicted molar refractivity (Wildman–Crippen MR) is 107 cm³/mol. The summed E-state index contributed by atoms with van der Waals surface area (Å²) in [5.74, 6) is -3.78. The van der Waals surface area contributed by atoms with Gasteiger partial charge in [0.1, 0.15) is 0 Å². The van der Waals surface area contributed by atoms with Crippen LogP contribution in [-0.2, 0) is 14.2 Å². The van der Waals surface area contributed by atoms with E-state index in [1.54, 1.807) is 54.6 Å². The SMILES string of the molecule is O=C(O)CCC(C(=O)O)C(C(Nc1ccc(Cl)cc1)c1ccccc1)[PH](=O)O. The first-order valence-electron chi connectivity index (χ1n) is 8.54. The molecule has 4 atom stereocenters. The largest absolute Gasteiger partial charge is 0.481 e. The summed E-state index contributed by atoms with van der Waals surface area (Å²) in [5, 5.41) is 22.2. The summed E-state index contributed by atoms with van der Waals surface area (Å²) in [4.78, 5) is 32.8. The van der Waals surface area contributed by atoms with Gasteiger partial charge in [-0.2, -0.15) is 0 Å². The molecular weight excluding hydrogens is 405 g/mol. The molecule has 0 spiro atoms. The van der Waals surface area contributed by atoms with Gasteiger partial charge in [-0.3, -0.25) is 14.2 Å². The van der Waals surface area contributed by atoms with E-state index in [0.29, 0.717) is 16.3 Å². The minimum atomic E-state index is -3.35. The van der Waals surface area contributed by atoms with Crippen LogP contribution in [0.1, 0.15) is 24.4 Å². The zero-order valence-corrected chi connectivity index (χ0v) is 16.5. The van der Waals surface area contributed by atoms with Crippen LogP contribution in [0.4, 0.5) is 5.69 Å². The van der Waals surface area contributed by atoms with Gasteiger partial charge >= 0.3 is 11.9 Å². The number of halogens is 1. The number of carbonyl (C=O) groups is 2. The summed E-state index contributed by atoms with van der Waals surface area (Å²) in [5.41, 5.74) is 0.00484. The van der Waals surface area contributed by atoms with Gasteiger partial charge < -0.3 is 20.4 Å². The molecule has 4 N–H and O–H groups in total. The molecule has 0 aliphatic carbocycles. The maximum Gasteiger partial charge on any atom is 0.307 e. The molecule has 0 radical (unpaired) electrons. The van der Waals surface area contributed by atoms with E-state index in [2.05, 4.69) is 5.32 Å². The third kappa shape index (κ3) is 6.09. The number of benzene rings is 2. The maximum absolute atomic E-state index is 12.3. The summed E-state index contributed by atoms with van der Waals surface area (Å²) in [6.45, 7) is 0. The van der Waals surface area contributed by atoms with Crippen LogP contribution >= 0.6 is 19.6 Å². The van der Waals surface area contributed by atoms with E-state index in [1.165, 1.54) is 0 Å². The fourth-order valence-electron chi connectivity index (χ4n) is 3.05. The Kier molecular flexibility index (Phi) is 8.05. The van der Waals surface area contributed by atoms with Crippen LogP contribution in [0.25, 0.3) is 0 Å². The first-order valence-corrected chi connectivity index (χ1v) is 10.3. The Balaban J connectivity index is 2.46. The average molecular weight is 426 g/mol. The number of nitrogens with one attached hydrogen (secondary N) is 1. The van der Waals surface area contributed by atoms with Crippen molar-refractivity contribution in [1.82, 2.24) is 0 Å². The van der Waals surface area contributed by atoms with Crippen molar-refractivity contribution in [3.05, 3.63) is 65.2 Å². The van der Waals surface area contributed by atoms with Gasteiger partial charge in [-0.15, -0.1) is 0 Å². The van der Waals surface area contributed by atoms with E-state index in [-0.39, 0.29) is 6.42 Å². The Morgan fingerprint density at radius 1 is 1.04 bits per heavy atom. The van der Waals surface area contributed by atoms with Gasteiger partial charge in [-0.05, 0) is 36.2 Å². The second kappa shape index (κ2) is 10.3. The van der Waals surface area contributed by atoms with Gasteiger partial charge in [-0.1, -0.05) is 41.9 Å². The molecule has 0 saturated heterocycles. The number of rotatable bonds is 10. The first kappa shape index (κ1) is 22.0. The second-order valence-corrected chi connectivity index (χ2v) is 8.06. The highest BCUT2D eigenvalue weighted by Crippen LogP contribution is 2.42. The average Bonchev–Trinajstić information content (AvgIpc) is 2.65. The van der Waals surface area contributed by atoms with Crippen LogP contribution in [0, 0.1) is 5.92 Å². The molecule has 0 fully saturated rings. The quantitative estimate of drug-likeness (QED) is 0.425. The van der Waals surface area contributed by atoms with Crippen molar-refractivity contribution in [2.45, 2.75) is 24.5 Å². The van der Waals surface area contributed by atoms with Crippen LogP contribution in [0.5, 0.6) is 0 Å². The molecular formula is C19H21ClNO6P. The molecule has 0 saturated carbocycles. The lowest BCUT2D eigenvalue weighted by molar-refractivity contribution is -0.143. The summed E-state index contributed by atoms with van der Waals surface area (Å²) in [7, 11) is -3.35. The highest BCUT2D eigenvalue weighted by Gasteiger charge is 2.39. The predicted octanol–water partition coefficient (Wildman–Crippen LogP) is 3.89. The van der Waals surface area contributed by atoms with Gasteiger partial charge in [0.25, 0.3) is 0 Å². The number of hydrogen-bond acceptors (Lipinski definition) is 4. The third-order valence-electron chi connectivity index (χ3n) is 4.39. The van der Waals surface area contributed by atoms with Gasteiger partial charge in [0.05, 0.1) is 17.6 Å². The van der Waals surface area contributed by atoms with Crippen LogP contribution in [0.15, 0.2) is 54.6 Å².